The van der Waals surface area contributed by atoms with Crippen LogP contribution in [0.25, 0.3) is 0 Å². The van der Waals surface area contributed by atoms with Crippen molar-refractivity contribution in [2.24, 2.45) is 5.92 Å². The van der Waals surface area contributed by atoms with Crippen LogP contribution in [0.2, 0.25) is 0 Å². The van der Waals surface area contributed by atoms with Crippen molar-refractivity contribution >= 4 is 15.9 Å². The first-order valence-electron chi connectivity index (χ1n) is 4.17. The summed E-state index contributed by atoms with van der Waals surface area (Å²) in [6, 6.07) is 4.79. The Balaban J connectivity index is 2.67. The van der Waals surface area contributed by atoms with Gasteiger partial charge in [0.15, 0.2) is 11.6 Å². The smallest absolute Gasteiger partial charge is 0.166 e. The number of hydrogen-bond acceptors (Lipinski definition) is 1. The molecule has 0 heterocycles. The van der Waals surface area contributed by atoms with Gasteiger partial charge in [-0.1, -0.05) is 29.8 Å². The van der Waals surface area contributed by atoms with Crippen LogP contribution in [0.5, 0.6) is 5.75 Å². The van der Waals surface area contributed by atoms with Gasteiger partial charge in [-0.2, -0.15) is 0 Å². The number of ether oxygens (including phenoxy) is 1. The molecule has 72 valence electrons. The van der Waals surface area contributed by atoms with Gasteiger partial charge in [0.05, 0.1) is 6.61 Å². The zero-order valence-electron chi connectivity index (χ0n) is 7.68. The lowest BCUT2D eigenvalue weighted by Gasteiger charge is -2.09. The molecule has 0 unspecified atom stereocenters. The van der Waals surface area contributed by atoms with Crippen molar-refractivity contribution in [2.75, 3.05) is 6.61 Å². The van der Waals surface area contributed by atoms with Gasteiger partial charge in [-0.05, 0) is 24.1 Å². The molecular formula is C10H12BrFO. The van der Waals surface area contributed by atoms with Gasteiger partial charge in [0.2, 0.25) is 0 Å². The molecule has 0 amide bonds. The maximum absolute atomic E-state index is 13.1. The summed E-state index contributed by atoms with van der Waals surface area (Å²) < 4.78 is 19.1. The number of halogens is 2. The van der Waals surface area contributed by atoms with Gasteiger partial charge in [0.25, 0.3) is 0 Å². The normalized spacial score (nSPS) is 10.5. The fraction of sp³-hybridized carbons (Fsp3) is 0.400. The highest BCUT2D eigenvalue weighted by Crippen LogP contribution is 2.21. The number of rotatable bonds is 3. The second-order valence-corrected chi connectivity index (χ2v) is 4.20. The molecule has 0 fully saturated rings. The maximum Gasteiger partial charge on any atom is 0.166 e. The lowest BCUT2D eigenvalue weighted by Crippen LogP contribution is -2.05. The summed E-state index contributed by atoms with van der Waals surface area (Å²) in [5.41, 5.74) is 0. The van der Waals surface area contributed by atoms with Gasteiger partial charge in [-0.25, -0.2) is 4.39 Å². The lowest BCUT2D eigenvalue weighted by atomic mass is 10.2. The van der Waals surface area contributed by atoms with E-state index in [1.54, 1.807) is 12.1 Å². The van der Waals surface area contributed by atoms with Crippen LogP contribution in [-0.2, 0) is 0 Å². The first-order chi connectivity index (χ1) is 6.09. The van der Waals surface area contributed by atoms with E-state index in [0.29, 0.717) is 18.3 Å². The quantitative estimate of drug-likeness (QED) is 0.792. The molecule has 0 aromatic heterocycles. The van der Waals surface area contributed by atoms with E-state index in [9.17, 15) is 4.39 Å². The fourth-order valence-electron chi connectivity index (χ4n) is 0.849. The first-order valence-corrected chi connectivity index (χ1v) is 4.96. The number of hydrogen-bond donors (Lipinski definition) is 0. The van der Waals surface area contributed by atoms with E-state index in [4.69, 9.17) is 4.74 Å². The second kappa shape index (κ2) is 4.61. The summed E-state index contributed by atoms with van der Waals surface area (Å²) in [5.74, 6) is 0.398. The summed E-state index contributed by atoms with van der Waals surface area (Å²) in [6.07, 6.45) is 0. The Labute approximate surface area is 86.0 Å². The Kier molecular flexibility index (Phi) is 3.72. The molecule has 0 atom stereocenters. The largest absolute Gasteiger partial charge is 0.490 e. The molecule has 0 radical (unpaired) electrons. The molecule has 1 aromatic rings. The van der Waals surface area contributed by atoms with E-state index < -0.39 is 0 Å². The van der Waals surface area contributed by atoms with Gasteiger partial charge in [-0.3, -0.25) is 0 Å². The van der Waals surface area contributed by atoms with Gasteiger partial charge < -0.3 is 4.74 Å². The monoisotopic (exact) mass is 246 g/mol. The molecule has 1 rings (SSSR count). The third-order valence-corrected chi connectivity index (χ3v) is 1.96. The molecule has 0 aliphatic carbocycles. The Morgan fingerprint density at radius 3 is 2.69 bits per heavy atom. The van der Waals surface area contributed by atoms with Crippen molar-refractivity contribution in [2.45, 2.75) is 13.8 Å². The highest BCUT2D eigenvalue weighted by molar-refractivity contribution is 9.10. The maximum atomic E-state index is 13.1. The van der Waals surface area contributed by atoms with E-state index in [2.05, 4.69) is 15.9 Å². The first kappa shape index (κ1) is 10.5. The summed E-state index contributed by atoms with van der Waals surface area (Å²) in [7, 11) is 0. The second-order valence-electron chi connectivity index (χ2n) is 3.28. The molecule has 0 saturated heterocycles. The predicted molar refractivity (Wildman–Crippen MR) is 54.4 cm³/mol. The zero-order chi connectivity index (χ0) is 9.84. The van der Waals surface area contributed by atoms with Gasteiger partial charge in [0.1, 0.15) is 0 Å². The molecule has 0 bridgehead atoms. The summed E-state index contributed by atoms with van der Waals surface area (Å²) in [6.45, 7) is 4.59. The number of benzene rings is 1. The molecule has 1 nitrogen and oxygen atoms in total. The topological polar surface area (TPSA) is 9.23 Å². The average Bonchev–Trinajstić information content (AvgIpc) is 2.02. The van der Waals surface area contributed by atoms with Gasteiger partial charge in [0, 0.05) is 4.47 Å². The highest BCUT2D eigenvalue weighted by atomic mass is 79.9. The molecule has 0 spiro atoms. The Morgan fingerprint density at radius 1 is 1.46 bits per heavy atom. The summed E-state index contributed by atoms with van der Waals surface area (Å²) >= 11 is 3.18. The standard InChI is InChI=1S/C10H12BrFO/c1-7(2)6-13-10-4-3-8(11)5-9(10)12/h3-5,7H,6H2,1-2H3. The fourth-order valence-corrected chi connectivity index (χ4v) is 1.18. The van der Waals surface area contributed by atoms with E-state index in [1.165, 1.54) is 6.07 Å². The van der Waals surface area contributed by atoms with Crippen LogP contribution in [0.3, 0.4) is 0 Å². The van der Waals surface area contributed by atoms with E-state index >= 15 is 0 Å². The van der Waals surface area contributed by atoms with E-state index in [-0.39, 0.29) is 5.82 Å². The summed E-state index contributed by atoms with van der Waals surface area (Å²) in [4.78, 5) is 0. The molecule has 1 aromatic carbocycles. The van der Waals surface area contributed by atoms with Gasteiger partial charge in [-0.15, -0.1) is 0 Å². The summed E-state index contributed by atoms with van der Waals surface area (Å²) in [5, 5.41) is 0. The van der Waals surface area contributed by atoms with Crippen LogP contribution < -0.4 is 4.74 Å². The molecule has 0 N–H and O–H groups in total. The third kappa shape index (κ3) is 3.35. The Hall–Kier alpha value is -0.570. The molecule has 0 aliphatic rings. The van der Waals surface area contributed by atoms with Crippen LogP contribution >= 0.6 is 15.9 Å². The van der Waals surface area contributed by atoms with Crippen LogP contribution in [0.1, 0.15) is 13.8 Å². The van der Waals surface area contributed by atoms with Crippen molar-refractivity contribution in [3.8, 4) is 5.75 Å². The molecular weight excluding hydrogens is 235 g/mol. The third-order valence-electron chi connectivity index (χ3n) is 1.47. The molecule has 3 heteroatoms. The van der Waals surface area contributed by atoms with E-state index in [0.717, 1.165) is 4.47 Å². The lowest BCUT2D eigenvalue weighted by molar-refractivity contribution is 0.259. The van der Waals surface area contributed by atoms with Crippen molar-refractivity contribution < 1.29 is 9.13 Å². The molecule has 0 aliphatic heterocycles. The SMILES string of the molecule is CC(C)COc1ccc(Br)cc1F. The van der Waals surface area contributed by atoms with Crippen molar-refractivity contribution in [1.82, 2.24) is 0 Å². The van der Waals surface area contributed by atoms with Crippen molar-refractivity contribution in [3.63, 3.8) is 0 Å². The van der Waals surface area contributed by atoms with Crippen LogP contribution in [0.4, 0.5) is 4.39 Å². The van der Waals surface area contributed by atoms with E-state index in [1.807, 2.05) is 13.8 Å². The minimum atomic E-state index is -0.324. The Morgan fingerprint density at radius 2 is 2.15 bits per heavy atom. The van der Waals surface area contributed by atoms with Crippen LogP contribution in [0, 0.1) is 11.7 Å². The average molecular weight is 247 g/mol. The van der Waals surface area contributed by atoms with Gasteiger partial charge >= 0.3 is 0 Å². The van der Waals surface area contributed by atoms with Crippen LogP contribution in [0.15, 0.2) is 22.7 Å². The Bertz CT molecular complexity index is 286. The van der Waals surface area contributed by atoms with Crippen LogP contribution in [-0.4, -0.2) is 6.61 Å². The zero-order valence-corrected chi connectivity index (χ0v) is 9.27. The highest BCUT2D eigenvalue weighted by Gasteiger charge is 2.04. The minimum Gasteiger partial charge on any atom is -0.490 e. The molecule has 0 saturated carbocycles. The van der Waals surface area contributed by atoms with Crippen molar-refractivity contribution in [3.05, 3.63) is 28.5 Å². The predicted octanol–water partition coefficient (Wildman–Crippen LogP) is 3.62. The molecule has 13 heavy (non-hydrogen) atoms. The van der Waals surface area contributed by atoms with Crippen molar-refractivity contribution in [1.29, 1.82) is 0 Å². The minimum absolute atomic E-state index is 0.317.